The summed E-state index contributed by atoms with van der Waals surface area (Å²) >= 11 is 0. The molecule has 1 aromatic heterocycles. The Labute approximate surface area is 296 Å². The largest absolute Gasteiger partial charge is 0.478 e. The Bertz CT molecular complexity index is 1430. The molecule has 50 heavy (non-hydrogen) atoms. The summed E-state index contributed by atoms with van der Waals surface area (Å²) in [7, 11) is 0. The van der Waals surface area contributed by atoms with Gasteiger partial charge in [0.1, 0.15) is 0 Å². The molecule has 0 unspecified atom stereocenters. The molecule has 9 heteroatoms. The van der Waals surface area contributed by atoms with E-state index in [1.807, 2.05) is 12.4 Å². The first kappa shape index (κ1) is 40.7. The van der Waals surface area contributed by atoms with Crippen molar-refractivity contribution in [2.45, 2.75) is 148 Å². The van der Waals surface area contributed by atoms with Crippen LogP contribution < -0.4 is 0 Å². The Kier molecular flexibility index (Phi) is 18.0. The number of hydrogen-bond donors (Lipinski definition) is 1. The first-order valence-corrected chi connectivity index (χ1v) is 18.7. The van der Waals surface area contributed by atoms with E-state index in [1.165, 1.54) is 94.5 Å². The van der Waals surface area contributed by atoms with Crippen molar-refractivity contribution in [3.63, 3.8) is 0 Å². The number of benzene rings is 2. The van der Waals surface area contributed by atoms with Crippen LogP contribution >= 0.6 is 0 Å². The maximum absolute atomic E-state index is 13.6. The number of aromatic carboxylic acids is 1. The summed E-state index contributed by atoms with van der Waals surface area (Å²) in [4.78, 5) is 33.9. The van der Waals surface area contributed by atoms with Crippen LogP contribution in [0.4, 0.5) is 13.2 Å². The zero-order chi connectivity index (χ0) is 36.2. The maximum Gasteiger partial charge on any atom is 0.425 e. The van der Waals surface area contributed by atoms with Crippen LogP contribution in [0.3, 0.4) is 0 Å². The lowest BCUT2D eigenvalue weighted by molar-refractivity contribution is -0.206. The quantitative estimate of drug-likeness (QED) is 0.0741. The van der Waals surface area contributed by atoms with Crippen molar-refractivity contribution in [3.05, 3.63) is 71.5 Å². The smallest absolute Gasteiger partial charge is 0.425 e. The summed E-state index contributed by atoms with van der Waals surface area (Å²) < 4.78 is 45.8. The third-order valence-corrected chi connectivity index (χ3v) is 9.15. The van der Waals surface area contributed by atoms with E-state index in [1.54, 1.807) is 12.1 Å². The Morgan fingerprint density at radius 1 is 0.700 bits per heavy atom. The second kappa shape index (κ2) is 22.1. The van der Waals surface area contributed by atoms with Crippen molar-refractivity contribution < 1.29 is 32.6 Å². The topological polar surface area (TPSA) is 89.4 Å². The van der Waals surface area contributed by atoms with Crippen LogP contribution in [0, 0.1) is 0 Å². The van der Waals surface area contributed by atoms with Gasteiger partial charge in [-0.25, -0.2) is 19.6 Å². The molecule has 3 rings (SSSR count). The number of alkyl halides is 3. The van der Waals surface area contributed by atoms with Crippen molar-refractivity contribution in [2.24, 2.45) is 0 Å². The van der Waals surface area contributed by atoms with Gasteiger partial charge in [0.05, 0.1) is 11.1 Å². The fraction of sp³-hybridized carbons (Fsp3) is 0.561. The summed E-state index contributed by atoms with van der Waals surface area (Å²) in [5.74, 6) is -1.76. The number of carboxylic acids is 1. The van der Waals surface area contributed by atoms with Crippen LogP contribution in [0.2, 0.25) is 0 Å². The number of rotatable bonds is 24. The van der Waals surface area contributed by atoms with Gasteiger partial charge in [-0.2, -0.15) is 13.2 Å². The highest BCUT2D eigenvalue weighted by Crippen LogP contribution is 2.31. The summed E-state index contributed by atoms with van der Waals surface area (Å²) in [5.41, 5.74) is 2.52. The third-order valence-electron chi connectivity index (χ3n) is 9.15. The molecule has 0 amide bonds. The summed E-state index contributed by atoms with van der Waals surface area (Å²) in [6.45, 7) is 4.31. The molecule has 1 atom stereocenters. The number of ether oxygens (including phenoxy) is 1. The van der Waals surface area contributed by atoms with Crippen molar-refractivity contribution in [2.75, 3.05) is 0 Å². The number of aryl methyl sites for hydroxylation is 1. The molecule has 0 aliphatic carbocycles. The molecule has 1 N–H and O–H groups in total. The van der Waals surface area contributed by atoms with Crippen LogP contribution in [-0.2, 0) is 11.2 Å². The maximum atomic E-state index is 13.6. The molecule has 0 aliphatic rings. The highest BCUT2D eigenvalue weighted by Gasteiger charge is 2.42. The van der Waals surface area contributed by atoms with Gasteiger partial charge in [0.25, 0.3) is 0 Å². The van der Waals surface area contributed by atoms with Gasteiger partial charge in [0.15, 0.2) is 11.9 Å². The highest BCUT2D eigenvalue weighted by atomic mass is 19.4. The average molecular weight is 697 g/mol. The second-order valence-electron chi connectivity index (χ2n) is 13.3. The standard InChI is InChI=1S/C41H55F3N2O4/c1-3-5-7-9-11-12-13-14-15-16-18-20-31-29-45-38(46-30-31)34-26-27-35(39(47)48)36(28-34)32-22-24-33(25-23-32)40(49)50-37(41(42,43)44)21-19-17-10-8-6-4-2/h22-30,37H,3-21H2,1-2H3,(H,47,48)/t37-/m1/s1. The van der Waals surface area contributed by atoms with Gasteiger partial charge in [-0.15, -0.1) is 0 Å². The lowest BCUT2D eigenvalue weighted by Gasteiger charge is -2.21. The zero-order valence-corrected chi connectivity index (χ0v) is 29.9. The number of hydrogen-bond acceptors (Lipinski definition) is 5. The molecule has 274 valence electrons. The second-order valence-corrected chi connectivity index (χ2v) is 13.3. The molecule has 0 aliphatic heterocycles. The number of carboxylic acid groups (broad SMARTS) is 1. The molecule has 0 fully saturated rings. The molecule has 0 spiro atoms. The van der Waals surface area contributed by atoms with Crippen molar-refractivity contribution in [1.29, 1.82) is 0 Å². The number of carbonyl (C=O) groups excluding carboxylic acids is 1. The molecule has 0 saturated carbocycles. The lowest BCUT2D eigenvalue weighted by atomic mass is 9.96. The van der Waals surface area contributed by atoms with E-state index in [4.69, 9.17) is 4.74 Å². The van der Waals surface area contributed by atoms with E-state index in [2.05, 4.69) is 23.8 Å². The summed E-state index contributed by atoms with van der Waals surface area (Å²) in [6.07, 6.45) is 16.4. The van der Waals surface area contributed by atoms with Crippen LogP contribution in [-0.4, -0.2) is 39.3 Å². The van der Waals surface area contributed by atoms with E-state index in [-0.39, 0.29) is 17.5 Å². The summed E-state index contributed by atoms with van der Waals surface area (Å²) in [5, 5.41) is 9.87. The average Bonchev–Trinajstić information content (AvgIpc) is 3.11. The Morgan fingerprint density at radius 2 is 1.20 bits per heavy atom. The van der Waals surface area contributed by atoms with Gasteiger partial charge in [-0.3, -0.25) is 0 Å². The van der Waals surface area contributed by atoms with E-state index in [0.717, 1.165) is 44.1 Å². The van der Waals surface area contributed by atoms with Crippen molar-refractivity contribution in [1.82, 2.24) is 9.97 Å². The minimum atomic E-state index is -4.66. The number of nitrogens with zero attached hydrogens (tertiary/aromatic N) is 2. The fourth-order valence-corrected chi connectivity index (χ4v) is 6.12. The third kappa shape index (κ3) is 14.2. The number of aromatic nitrogens is 2. The Hall–Kier alpha value is -3.75. The van der Waals surface area contributed by atoms with Gasteiger partial charge in [-0.05, 0) is 66.6 Å². The minimum absolute atomic E-state index is 0.0354. The van der Waals surface area contributed by atoms with Gasteiger partial charge in [0, 0.05) is 18.0 Å². The van der Waals surface area contributed by atoms with Crippen molar-refractivity contribution in [3.8, 4) is 22.5 Å². The van der Waals surface area contributed by atoms with E-state index < -0.39 is 24.2 Å². The van der Waals surface area contributed by atoms with E-state index >= 15 is 0 Å². The number of halogens is 3. The molecular weight excluding hydrogens is 641 g/mol. The predicted molar refractivity (Wildman–Crippen MR) is 193 cm³/mol. The lowest BCUT2D eigenvalue weighted by Crippen LogP contribution is -2.33. The highest BCUT2D eigenvalue weighted by molar-refractivity contribution is 5.97. The normalized spacial score (nSPS) is 12.2. The number of esters is 1. The van der Waals surface area contributed by atoms with Crippen LogP contribution in [0.5, 0.6) is 0 Å². The monoisotopic (exact) mass is 696 g/mol. The van der Waals surface area contributed by atoms with Gasteiger partial charge in [0.2, 0.25) is 0 Å². The SMILES string of the molecule is CCCCCCCCCCCCCc1cnc(-c2ccc(C(=O)O)c(-c3ccc(C(=O)O[C@H](CCCCCCCC)C(F)(F)F)cc3)c2)nc1. The minimum Gasteiger partial charge on any atom is -0.478 e. The van der Waals surface area contributed by atoms with Crippen LogP contribution in [0.25, 0.3) is 22.5 Å². The van der Waals surface area contributed by atoms with E-state index in [9.17, 15) is 27.9 Å². The van der Waals surface area contributed by atoms with Gasteiger partial charge < -0.3 is 9.84 Å². The van der Waals surface area contributed by atoms with E-state index in [0.29, 0.717) is 35.4 Å². The molecule has 0 radical (unpaired) electrons. The molecule has 3 aromatic rings. The fourth-order valence-electron chi connectivity index (χ4n) is 6.12. The first-order chi connectivity index (χ1) is 24.1. The molecule has 6 nitrogen and oxygen atoms in total. The Morgan fingerprint density at radius 3 is 1.72 bits per heavy atom. The number of unbranched alkanes of at least 4 members (excludes halogenated alkanes) is 15. The molecule has 1 heterocycles. The summed E-state index contributed by atoms with van der Waals surface area (Å²) in [6, 6.07) is 10.5. The number of carbonyl (C=O) groups is 2. The Balaban J connectivity index is 1.58. The van der Waals surface area contributed by atoms with Crippen LogP contribution in [0.1, 0.15) is 156 Å². The molecule has 2 aromatic carbocycles. The molecular formula is C41H55F3N2O4. The predicted octanol–water partition coefficient (Wildman–Crippen LogP) is 12.2. The van der Waals surface area contributed by atoms with Gasteiger partial charge in [-0.1, -0.05) is 128 Å². The molecule has 0 bridgehead atoms. The van der Waals surface area contributed by atoms with Crippen LogP contribution in [0.15, 0.2) is 54.9 Å². The molecule has 0 saturated heterocycles. The van der Waals surface area contributed by atoms with Gasteiger partial charge >= 0.3 is 18.1 Å². The van der Waals surface area contributed by atoms with Crippen molar-refractivity contribution >= 4 is 11.9 Å². The first-order valence-electron chi connectivity index (χ1n) is 18.7. The zero-order valence-electron chi connectivity index (χ0n) is 29.9.